The number of hydrogen-bond donors (Lipinski definition) is 0. The second kappa shape index (κ2) is 2.81. The van der Waals surface area contributed by atoms with Gasteiger partial charge in [-0.3, -0.25) is 0 Å². The topological polar surface area (TPSA) is 26.3 Å². The summed E-state index contributed by atoms with van der Waals surface area (Å²) in [6.45, 7) is 0. The van der Waals surface area contributed by atoms with Crippen LogP contribution in [0.5, 0.6) is 0 Å². The Labute approximate surface area is 70.5 Å². The van der Waals surface area contributed by atoms with Crippen LogP contribution in [0.25, 0.3) is 0 Å². The van der Waals surface area contributed by atoms with Crippen LogP contribution in [0.2, 0.25) is 0 Å². The average molecular weight is 160 g/mol. The summed E-state index contributed by atoms with van der Waals surface area (Å²) >= 11 is 0. The van der Waals surface area contributed by atoms with Gasteiger partial charge in [0.25, 0.3) is 0 Å². The molecule has 2 rings (SSSR count). The van der Waals surface area contributed by atoms with Gasteiger partial charge in [-0.15, -0.1) is 0 Å². The number of ether oxygens (including phenoxy) is 1. The Morgan fingerprint density at radius 2 is 2.00 bits per heavy atom. The van der Waals surface area contributed by atoms with Gasteiger partial charge in [0.05, 0.1) is 0 Å². The summed E-state index contributed by atoms with van der Waals surface area (Å²) in [5, 5.41) is 0. The van der Waals surface area contributed by atoms with Crippen LogP contribution in [-0.2, 0) is 9.53 Å². The first kappa shape index (κ1) is 7.10. The summed E-state index contributed by atoms with van der Waals surface area (Å²) in [6, 6.07) is 0. The predicted molar refractivity (Wildman–Crippen MR) is 45.1 cm³/mol. The molecule has 0 saturated carbocycles. The van der Waals surface area contributed by atoms with E-state index in [1.807, 2.05) is 30.4 Å². The van der Waals surface area contributed by atoms with Crippen LogP contribution in [0.1, 0.15) is 0 Å². The van der Waals surface area contributed by atoms with Crippen LogP contribution >= 0.6 is 0 Å². The number of rotatable bonds is 1. The van der Waals surface area contributed by atoms with Gasteiger partial charge >= 0.3 is 5.97 Å². The number of hydrogen-bond acceptors (Lipinski definition) is 2. The van der Waals surface area contributed by atoms with Crippen LogP contribution in [0.15, 0.2) is 48.3 Å². The van der Waals surface area contributed by atoms with Crippen molar-refractivity contribution in [3.63, 3.8) is 0 Å². The van der Waals surface area contributed by atoms with E-state index in [-0.39, 0.29) is 11.9 Å². The molecule has 1 heterocycles. The van der Waals surface area contributed by atoms with Crippen molar-refractivity contribution >= 4 is 5.97 Å². The summed E-state index contributed by atoms with van der Waals surface area (Å²) in [4.78, 5) is 10.6. The van der Waals surface area contributed by atoms with E-state index in [9.17, 15) is 4.79 Å². The fourth-order valence-electron chi connectivity index (χ4n) is 1.17. The first-order chi connectivity index (χ1) is 5.84. The first-order valence-electron chi connectivity index (χ1n) is 3.81. The fourth-order valence-corrected chi connectivity index (χ4v) is 1.17. The molecule has 60 valence electrons. The molecule has 2 aliphatic rings. The van der Waals surface area contributed by atoms with Crippen molar-refractivity contribution < 1.29 is 9.53 Å². The molecule has 0 aromatic heterocycles. The smallest absolute Gasteiger partial charge is 0.336 e. The molecule has 0 amide bonds. The van der Waals surface area contributed by atoms with Gasteiger partial charge in [-0.2, -0.15) is 0 Å². The second-order valence-corrected chi connectivity index (χ2v) is 2.67. The molecule has 1 aliphatic heterocycles. The highest BCUT2D eigenvalue weighted by Crippen LogP contribution is 2.16. The molecule has 0 unspecified atom stereocenters. The predicted octanol–water partition coefficient (Wildman–Crippen LogP) is 1.73. The van der Waals surface area contributed by atoms with Crippen LogP contribution in [0, 0.1) is 5.92 Å². The lowest BCUT2D eigenvalue weighted by Gasteiger charge is -1.98. The molecule has 0 aromatic carbocycles. The lowest BCUT2D eigenvalue weighted by molar-refractivity contribution is -0.132. The van der Waals surface area contributed by atoms with E-state index in [0.717, 1.165) is 0 Å². The Morgan fingerprint density at radius 1 is 1.25 bits per heavy atom. The normalized spacial score (nSPS) is 24.3. The minimum Gasteiger partial charge on any atom is -0.424 e. The number of allylic oxidation sites excluding steroid dienone is 6. The van der Waals surface area contributed by atoms with Gasteiger partial charge in [-0.25, -0.2) is 4.79 Å². The highest BCUT2D eigenvalue weighted by atomic mass is 16.5. The lowest BCUT2D eigenvalue weighted by Crippen LogP contribution is -1.92. The third kappa shape index (κ3) is 1.37. The highest BCUT2D eigenvalue weighted by Gasteiger charge is 2.10. The van der Waals surface area contributed by atoms with Gasteiger partial charge in [-0.05, 0) is 12.2 Å². The quantitative estimate of drug-likeness (QED) is 0.546. The second-order valence-electron chi connectivity index (χ2n) is 2.67. The van der Waals surface area contributed by atoms with Crippen molar-refractivity contribution in [2.24, 2.45) is 5.92 Å². The number of carbonyl (C=O) groups is 1. The van der Waals surface area contributed by atoms with Crippen molar-refractivity contribution in [3.8, 4) is 0 Å². The SMILES string of the molecule is O=C1C=C/C(=C/C2C=CC=C2)O1. The van der Waals surface area contributed by atoms with Crippen LogP contribution in [0.4, 0.5) is 0 Å². The zero-order chi connectivity index (χ0) is 8.39. The molecule has 2 heteroatoms. The van der Waals surface area contributed by atoms with Crippen molar-refractivity contribution in [2.45, 2.75) is 0 Å². The van der Waals surface area contributed by atoms with E-state index in [1.54, 1.807) is 6.08 Å². The van der Waals surface area contributed by atoms with Gasteiger partial charge in [0.2, 0.25) is 0 Å². The maximum atomic E-state index is 10.6. The summed E-state index contributed by atoms with van der Waals surface area (Å²) in [5.74, 6) is 0.629. The van der Waals surface area contributed by atoms with Crippen molar-refractivity contribution in [1.82, 2.24) is 0 Å². The molecule has 0 fully saturated rings. The molecule has 0 saturated heterocycles. The maximum Gasteiger partial charge on any atom is 0.336 e. The molecule has 0 atom stereocenters. The zero-order valence-electron chi connectivity index (χ0n) is 6.44. The number of carbonyl (C=O) groups excluding carboxylic acids is 1. The third-order valence-electron chi connectivity index (χ3n) is 1.74. The molecular formula is C10H8O2. The standard InChI is InChI=1S/C10H8O2/c11-10-6-5-9(12-10)7-8-3-1-2-4-8/h1-8H/b9-7-. The minimum atomic E-state index is -0.285. The Morgan fingerprint density at radius 3 is 2.58 bits per heavy atom. The molecule has 12 heavy (non-hydrogen) atoms. The first-order valence-corrected chi connectivity index (χ1v) is 3.81. The largest absolute Gasteiger partial charge is 0.424 e. The van der Waals surface area contributed by atoms with E-state index >= 15 is 0 Å². The van der Waals surface area contributed by atoms with E-state index < -0.39 is 0 Å². The van der Waals surface area contributed by atoms with Crippen LogP contribution in [0.3, 0.4) is 0 Å². The number of cyclic esters (lactones) is 1. The van der Waals surface area contributed by atoms with Crippen molar-refractivity contribution in [2.75, 3.05) is 0 Å². The van der Waals surface area contributed by atoms with Gasteiger partial charge in [0, 0.05) is 12.0 Å². The Kier molecular flexibility index (Phi) is 1.67. The fraction of sp³-hybridized carbons (Fsp3) is 0.100. The molecule has 0 spiro atoms. The highest BCUT2D eigenvalue weighted by molar-refractivity contribution is 5.86. The molecule has 0 radical (unpaired) electrons. The number of esters is 1. The molecule has 0 bridgehead atoms. The molecule has 1 aliphatic carbocycles. The Balaban J connectivity index is 2.10. The van der Waals surface area contributed by atoms with Gasteiger partial charge in [0.15, 0.2) is 0 Å². The molecule has 2 nitrogen and oxygen atoms in total. The van der Waals surface area contributed by atoms with Crippen molar-refractivity contribution in [1.29, 1.82) is 0 Å². The average Bonchev–Trinajstić information content (AvgIpc) is 2.63. The maximum absolute atomic E-state index is 10.6. The van der Waals surface area contributed by atoms with E-state index in [4.69, 9.17) is 4.74 Å². The van der Waals surface area contributed by atoms with Gasteiger partial charge in [-0.1, -0.05) is 24.3 Å². The Hall–Kier alpha value is -1.57. The summed E-state index contributed by atoms with van der Waals surface area (Å²) in [6.07, 6.45) is 13.0. The van der Waals surface area contributed by atoms with E-state index in [0.29, 0.717) is 5.76 Å². The van der Waals surface area contributed by atoms with E-state index in [1.165, 1.54) is 6.08 Å². The lowest BCUT2D eigenvalue weighted by atomic mass is 10.1. The van der Waals surface area contributed by atoms with Crippen LogP contribution in [-0.4, -0.2) is 5.97 Å². The minimum absolute atomic E-state index is 0.274. The molecule has 0 N–H and O–H groups in total. The van der Waals surface area contributed by atoms with Crippen LogP contribution < -0.4 is 0 Å². The van der Waals surface area contributed by atoms with E-state index in [2.05, 4.69) is 0 Å². The van der Waals surface area contributed by atoms with Gasteiger partial charge in [0.1, 0.15) is 5.76 Å². The summed E-state index contributed by atoms with van der Waals surface area (Å²) in [7, 11) is 0. The van der Waals surface area contributed by atoms with Gasteiger partial charge < -0.3 is 4.74 Å². The zero-order valence-corrected chi connectivity index (χ0v) is 6.44. The summed E-state index contributed by atoms with van der Waals surface area (Å²) in [5.41, 5.74) is 0. The molecular weight excluding hydrogens is 152 g/mol. The summed E-state index contributed by atoms with van der Waals surface area (Å²) < 4.78 is 4.87. The Bertz CT molecular complexity index is 307. The molecule has 0 aromatic rings. The third-order valence-corrected chi connectivity index (χ3v) is 1.74. The van der Waals surface area contributed by atoms with Crippen molar-refractivity contribution in [3.05, 3.63) is 48.3 Å². The monoisotopic (exact) mass is 160 g/mol.